The molecule has 0 aliphatic rings. The molecular formula is C15H17N3O3. The van der Waals surface area contributed by atoms with Crippen LogP contribution in [0.3, 0.4) is 0 Å². The molecular weight excluding hydrogens is 270 g/mol. The van der Waals surface area contributed by atoms with E-state index in [1.165, 1.54) is 12.2 Å². The Kier molecular flexibility index (Phi) is 4.07. The van der Waals surface area contributed by atoms with E-state index in [9.17, 15) is 9.59 Å². The van der Waals surface area contributed by atoms with Gasteiger partial charge in [-0.15, -0.1) is 0 Å². The zero-order valence-electron chi connectivity index (χ0n) is 11.9. The van der Waals surface area contributed by atoms with Crippen molar-refractivity contribution in [2.75, 3.05) is 6.54 Å². The molecule has 0 spiro atoms. The fraction of sp³-hybridized carbons (Fsp3) is 0.267. The Labute approximate surface area is 122 Å². The number of fused-ring (bicyclic) bond motifs is 1. The van der Waals surface area contributed by atoms with E-state index in [-0.39, 0.29) is 12.5 Å². The van der Waals surface area contributed by atoms with Crippen molar-refractivity contribution in [1.82, 2.24) is 10.3 Å². The van der Waals surface area contributed by atoms with Crippen molar-refractivity contribution >= 4 is 29.0 Å². The molecule has 0 fully saturated rings. The Morgan fingerprint density at radius 2 is 2.10 bits per heavy atom. The second-order valence-corrected chi connectivity index (χ2v) is 5.32. The first-order valence-corrected chi connectivity index (χ1v) is 6.50. The maximum atomic E-state index is 11.7. The van der Waals surface area contributed by atoms with Gasteiger partial charge in [0.05, 0.1) is 5.41 Å². The van der Waals surface area contributed by atoms with Gasteiger partial charge in [0.1, 0.15) is 5.52 Å². The van der Waals surface area contributed by atoms with Crippen LogP contribution in [0, 0.1) is 5.41 Å². The number of hydrogen-bond donors (Lipinski definition) is 2. The van der Waals surface area contributed by atoms with Crippen molar-refractivity contribution in [3.8, 4) is 0 Å². The number of rotatable bonds is 5. The third-order valence-corrected chi connectivity index (χ3v) is 3.06. The first-order chi connectivity index (χ1) is 9.88. The van der Waals surface area contributed by atoms with Gasteiger partial charge in [0.2, 0.25) is 17.7 Å². The molecule has 0 aliphatic carbocycles. The minimum atomic E-state index is -0.791. The van der Waals surface area contributed by atoms with Gasteiger partial charge < -0.3 is 15.5 Å². The minimum absolute atomic E-state index is 0.166. The summed E-state index contributed by atoms with van der Waals surface area (Å²) in [5.74, 6) is -0.460. The molecule has 2 rings (SSSR count). The van der Waals surface area contributed by atoms with Gasteiger partial charge in [-0.2, -0.15) is 0 Å². The molecule has 6 nitrogen and oxygen atoms in total. The number of aromatic nitrogens is 1. The normalized spacial score (nSPS) is 11.9. The molecule has 0 aliphatic heterocycles. The fourth-order valence-corrected chi connectivity index (χ4v) is 1.56. The molecule has 3 N–H and O–H groups in total. The van der Waals surface area contributed by atoms with Gasteiger partial charge in [0.15, 0.2) is 5.58 Å². The SMILES string of the molecule is CC(C)(CNC(=O)/C=C/c1nc2ccccc2o1)C(N)=O. The lowest BCUT2D eigenvalue weighted by Crippen LogP contribution is -2.41. The van der Waals surface area contributed by atoms with Crippen LogP contribution in [0.5, 0.6) is 0 Å². The van der Waals surface area contributed by atoms with Crippen molar-refractivity contribution in [3.05, 3.63) is 36.2 Å². The maximum Gasteiger partial charge on any atom is 0.244 e. The zero-order valence-corrected chi connectivity index (χ0v) is 11.9. The van der Waals surface area contributed by atoms with Crippen LogP contribution in [-0.2, 0) is 9.59 Å². The molecule has 110 valence electrons. The molecule has 0 atom stereocenters. The van der Waals surface area contributed by atoms with Gasteiger partial charge in [0.25, 0.3) is 0 Å². The number of nitrogens with two attached hydrogens (primary N) is 1. The Balaban J connectivity index is 1.97. The summed E-state index contributed by atoms with van der Waals surface area (Å²) in [6.07, 6.45) is 2.79. The van der Waals surface area contributed by atoms with Gasteiger partial charge in [-0.05, 0) is 26.0 Å². The largest absolute Gasteiger partial charge is 0.437 e. The molecule has 0 saturated heterocycles. The third-order valence-electron chi connectivity index (χ3n) is 3.06. The Morgan fingerprint density at radius 1 is 1.38 bits per heavy atom. The van der Waals surface area contributed by atoms with E-state index in [0.717, 1.165) is 5.52 Å². The first kappa shape index (κ1) is 14.8. The second-order valence-electron chi connectivity index (χ2n) is 5.32. The topological polar surface area (TPSA) is 98.2 Å². The summed E-state index contributed by atoms with van der Waals surface area (Å²) in [5, 5.41) is 2.61. The summed E-state index contributed by atoms with van der Waals surface area (Å²) < 4.78 is 5.45. The minimum Gasteiger partial charge on any atom is -0.437 e. The van der Waals surface area contributed by atoms with Gasteiger partial charge in [-0.3, -0.25) is 9.59 Å². The summed E-state index contributed by atoms with van der Waals surface area (Å²) in [7, 11) is 0. The quantitative estimate of drug-likeness (QED) is 0.813. The summed E-state index contributed by atoms with van der Waals surface area (Å²) >= 11 is 0. The number of para-hydroxylation sites is 2. The van der Waals surface area contributed by atoms with E-state index in [2.05, 4.69) is 10.3 Å². The molecule has 2 amide bonds. The molecule has 0 unspecified atom stereocenters. The van der Waals surface area contributed by atoms with Gasteiger partial charge >= 0.3 is 0 Å². The first-order valence-electron chi connectivity index (χ1n) is 6.50. The predicted octanol–water partition coefficient (Wildman–Crippen LogP) is 1.47. The lowest BCUT2D eigenvalue weighted by Gasteiger charge is -2.19. The van der Waals surface area contributed by atoms with Crippen LogP contribution in [0.15, 0.2) is 34.8 Å². The lowest BCUT2D eigenvalue weighted by atomic mass is 9.93. The van der Waals surface area contributed by atoms with E-state index in [1.54, 1.807) is 19.9 Å². The molecule has 1 aromatic carbocycles. The number of benzene rings is 1. The Hall–Kier alpha value is -2.63. The van der Waals surface area contributed by atoms with E-state index in [0.29, 0.717) is 11.5 Å². The average Bonchev–Trinajstić information content (AvgIpc) is 2.85. The number of amides is 2. The number of hydrogen-bond acceptors (Lipinski definition) is 4. The summed E-state index contributed by atoms with van der Waals surface area (Å²) in [6.45, 7) is 3.50. The van der Waals surface area contributed by atoms with Crippen LogP contribution < -0.4 is 11.1 Å². The van der Waals surface area contributed by atoms with Crippen molar-refractivity contribution in [1.29, 1.82) is 0 Å². The summed E-state index contributed by atoms with van der Waals surface area (Å²) in [5.41, 5.74) is 5.83. The number of carbonyl (C=O) groups is 2. The zero-order chi connectivity index (χ0) is 15.5. The standard InChI is InChI=1S/C15H17N3O3/c1-15(2,14(16)20)9-17-12(19)7-8-13-18-10-5-3-4-6-11(10)21-13/h3-8H,9H2,1-2H3,(H2,16,20)(H,17,19)/b8-7+. The second kappa shape index (κ2) is 5.78. The predicted molar refractivity (Wildman–Crippen MR) is 79.0 cm³/mol. The van der Waals surface area contributed by atoms with Crippen LogP contribution in [0.25, 0.3) is 17.2 Å². The fourth-order valence-electron chi connectivity index (χ4n) is 1.56. The molecule has 1 heterocycles. The highest BCUT2D eigenvalue weighted by Crippen LogP contribution is 2.15. The van der Waals surface area contributed by atoms with Crippen LogP contribution in [0.4, 0.5) is 0 Å². The van der Waals surface area contributed by atoms with Crippen LogP contribution >= 0.6 is 0 Å². The summed E-state index contributed by atoms with van der Waals surface area (Å²) in [6, 6.07) is 7.33. The monoisotopic (exact) mass is 287 g/mol. The highest BCUT2D eigenvalue weighted by molar-refractivity contribution is 5.92. The third kappa shape index (κ3) is 3.68. The van der Waals surface area contributed by atoms with E-state index in [1.807, 2.05) is 18.2 Å². The van der Waals surface area contributed by atoms with E-state index < -0.39 is 11.3 Å². The average molecular weight is 287 g/mol. The number of nitrogens with zero attached hydrogens (tertiary/aromatic N) is 1. The highest BCUT2D eigenvalue weighted by atomic mass is 16.3. The van der Waals surface area contributed by atoms with Crippen LogP contribution in [0.2, 0.25) is 0 Å². The molecule has 2 aromatic rings. The van der Waals surface area contributed by atoms with Gasteiger partial charge in [-0.1, -0.05) is 12.1 Å². The van der Waals surface area contributed by atoms with E-state index in [4.69, 9.17) is 10.2 Å². The van der Waals surface area contributed by atoms with Crippen molar-refractivity contribution in [2.45, 2.75) is 13.8 Å². The van der Waals surface area contributed by atoms with Crippen molar-refractivity contribution in [2.24, 2.45) is 11.1 Å². The number of primary amides is 1. The van der Waals surface area contributed by atoms with Gasteiger partial charge in [-0.25, -0.2) is 4.98 Å². The maximum absolute atomic E-state index is 11.7. The van der Waals surface area contributed by atoms with Crippen LogP contribution in [0.1, 0.15) is 19.7 Å². The molecule has 1 aromatic heterocycles. The lowest BCUT2D eigenvalue weighted by molar-refractivity contribution is -0.126. The molecule has 0 saturated carbocycles. The van der Waals surface area contributed by atoms with Crippen molar-refractivity contribution in [3.63, 3.8) is 0 Å². The Morgan fingerprint density at radius 3 is 2.76 bits per heavy atom. The smallest absolute Gasteiger partial charge is 0.244 e. The number of oxazole rings is 1. The van der Waals surface area contributed by atoms with Gasteiger partial charge in [0, 0.05) is 18.7 Å². The van der Waals surface area contributed by atoms with Crippen molar-refractivity contribution < 1.29 is 14.0 Å². The molecule has 6 heteroatoms. The molecule has 21 heavy (non-hydrogen) atoms. The number of nitrogens with one attached hydrogen (secondary N) is 1. The Bertz CT molecular complexity index is 668. The number of carbonyl (C=O) groups excluding carboxylic acids is 2. The molecule has 0 bridgehead atoms. The summed E-state index contributed by atoms with van der Waals surface area (Å²) in [4.78, 5) is 27.0. The van der Waals surface area contributed by atoms with Crippen LogP contribution in [-0.4, -0.2) is 23.3 Å². The van der Waals surface area contributed by atoms with E-state index >= 15 is 0 Å². The highest BCUT2D eigenvalue weighted by Gasteiger charge is 2.24. The molecule has 0 radical (unpaired) electrons.